The van der Waals surface area contributed by atoms with E-state index in [4.69, 9.17) is 9.72 Å². The number of nitrogens with one attached hydrogen (secondary N) is 2. The summed E-state index contributed by atoms with van der Waals surface area (Å²) in [4.78, 5) is 25.9. The number of benzene rings is 1. The van der Waals surface area contributed by atoms with E-state index in [-0.39, 0.29) is 11.8 Å². The second-order valence-electron chi connectivity index (χ2n) is 7.00. The number of aromatic nitrogens is 3. The highest BCUT2D eigenvalue weighted by Crippen LogP contribution is 2.38. The normalized spacial score (nSPS) is 13.6. The summed E-state index contributed by atoms with van der Waals surface area (Å²) in [5, 5.41) is 8.72. The minimum Gasteiger partial charge on any atom is -0.497 e. The van der Waals surface area contributed by atoms with Crippen LogP contribution in [0, 0.1) is 5.92 Å². The summed E-state index contributed by atoms with van der Waals surface area (Å²) in [6.45, 7) is 0. The van der Waals surface area contributed by atoms with Gasteiger partial charge >= 0.3 is 0 Å². The molecule has 1 saturated carbocycles. The van der Waals surface area contributed by atoms with Crippen LogP contribution in [0.2, 0.25) is 0 Å². The largest absolute Gasteiger partial charge is 0.497 e. The first-order valence-electron chi connectivity index (χ1n) is 9.38. The monoisotopic (exact) mass is 405 g/mol. The van der Waals surface area contributed by atoms with Crippen molar-refractivity contribution in [2.45, 2.75) is 12.8 Å². The van der Waals surface area contributed by atoms with Gasteiger partial charge in [-0.2, -0.15) is 0 Å². The number of pyridine rings is 2. The molecule has 5 rings (SSSR count). The first-order valence-corrected chi connectivity index (χ1v) is 10.2. The van der Waals surface area contributed by atoms with Gasteiger partial charge in [0, 0.05) is 41.7 Å². The van der Waals surface area contributed by atoms with Gasteiger partial charge in [0.15, 0.2) is 0 Å². The number of ether oxygens (including phenoxy) is 1. The van der Waals surface area contributed by atoms with Crippen molar-refractivity contribution in [3.63, 3.8) is 0 Å². The Balaban J connectivity index is 1.64. The Bertz CT molecular complexity index is 1250. The van der Waals surface area contributed by atoms with Crippen LogP contribution in [-0.4, -0.2) is 35.0 Å². The van der Waals surface area contributed by atoms with E-state index in [0.717, 1.165) is 56.0 Å². The van der Waals surface area contributed by atoms with E-state index >= 15 is 0 Å². The molecule has 0 spiro atoms. The number of thiazole rings is 1. The maximum absolute atomic E-state index is 12.2. The van der Waals surface area contributed by atoms with E-state index in [1.165, 1.54) is 0 Å². The van der Waals surface area contributed by atoms with E-state index in [9.17, 15) is 4.79 Å². The number of methoxy groups -OCH3 is 1. The standard InChI is InChI=1S/C21H19N5O2S/c1-22-19-14-9-23-18(26-20(27)11-3-4-11)8-13(14)15(10-24-19)21-25-16-6-5-12(28-2)7-17(16)29-21/h5-11H,3-4H2,1-2H3,(H,22,24)(H,23,26,27). The summed E-state index contributed by atoms with van der Waals surface area (Å²) >= 11 is 1.58. The van der Waals surface area contributed by atoms with Crippen molar-refractivity contribution in [1.82, 2.24) is 15.0 Å². The van der Waals surface area contributed by atoms with Crippen LogP contribution in [0.5, 0.6) is 5.75 Å². The summed E-state index contributed by atoms with van der Waals surface area (Å²) < 4.78 is 6.37. The lowest BCUT2D eigenvalue weighted by Gasteiger charge is -2.10. The Morgan fingerprint density at radius 2 is 2.03 bits per heavy atom. The van der Waals surface area contributed by atoms with Crippen molar-refractivity contribution in [3.8, 4) is 16.3 Å². The molecule has 3 aromatic heterocycles. The highest BCUT2D eigenvalue weighted by molar-refractivity contribution is 7.21. The maximum Gasteiger partial charge on any atom is 0.228 e. The quantitative estimate of drug-likeness (QED) is 0.514. The van der Waals surface area contributed by atoms with E-state index in [1.54, 1.807) is 24.6 Å². The number of hydrogen-bond acceptors (Lipinski definition) is 7. The highest BCUT2D eigenvalue weighted by Gasteiger charge is 2.30. The minimum absolute atomic E-state index is 0.0355. The van der Waals surface area contributed by atoms with Gasteiger partial charge in [0.25, 0.3) is 0 Å². The fourth-order valence-corrected chi connectivity index (χ4v) is 4.31. The molecule has 1 aliphatic carbocycles. The predicted molar refractivity (Wildman–Crippen MR) is 116 cm³/mol. The van der Waals surface area contributed by atoms with Crippen LogP contribution in [-0.2, 0) is 4.79 Å². The molecule has 0 saturated heterocycles. The van der Waals surface area contributed by atoms with Gasteiger partial charge in [0.1, 0.15) is 22.4 Å². The lowest BCUT2D eigenvalue weighted by Crippen LogP contribution is -2.14. The molecule has 4 aromatic rings. The Hall–Kier alpha value is -3.26. The molecule has 0 radical (unpaired) electrons. The molecule has 0 aliphatic heterocycles. The minimum atomic E-state index is 0.0355. The molecular formula is C21H19N5O2S. The number of fused-ring (bicyclic) bond motifs is 2. The molecule has 1 aromatic carbocycles. The van der Waals surface area contributed by atoms with Gasteiger partial charge in [-0.3, -0.25) is 4.79 Å². The Morgan fingerprint density at radius 1 is 1.17 bits per heavy atom. The van der Waals surface area contributed by atoms with E-state index < -0.39 is 0 Å². The first-order chi connectivity index (χ1) is 14.2. The van der Waals surface area contributed by atoms with Crippen molar-refractivity contribution in [1.29, 1.82) is 0 Å². The third kappa shape index (κ3) is 3.25. The van der Waals surface area contributed by atoms with Crippen LogP contribution in [0.25, 0.3) is 31.6 Å². The van der Waals surface area contributed by atoms with Gasteiger partial charge in [0.2, 0.25) is 5.91 Å². The van der Waals surface area contributed by atoms with Gasteiger partial charge in [-0.25, -0.2) is 15.0 Å². The number of carbonyl (C=O) groups is 1. The lowest BCUT2D eigenvalue weighted by atomic mass is 10.1. The third-order valence-electron chi connectivity index (χ3n) is 5.03. The molecule has 1 amide bonds. The number of amides is 1. The first kappa shape index (κ1) is 17.8. The Kier molecular flexibility index (Phi) is 4.28. The number of hydrogen-bond donors (Lipinski definition) is 2. The number of nitrogens with zero attached hydrogens (tertiary/aromatic N) is 3. The van der Waals surface area contributed by atoms with Gasteiger partial charge in [-0.1, -0.05) is 0 Å². The zero-order valence-electron chi connectivity index (χ0n) is 16.0. The van der Waals surface area contributed by atoms with Crippen molar-refractivity contribution < 1.29 is 9.53 Å². The van der Waals surface area contributed by atoms with Crippen LogP contribution in [0.1, 0.15) is 12.8 Å². The summed E-state index contributed by atoms with van der Waals surface area (Å²) in [6, 6.07) is 7.74. The van der Waals surface area contributed by atoms with Crippen molar-refractivity contribution in [2.75, 3.05) is 24.8 Å². The average Bonchev–Trinajstić information content (AvgIpc) is 3.51. The molecular weight excluding hydrogens is 386 g/mol. The maximum atomic E-state index is 12.2. The summed E-state index contributed by atoms with van der Waals surface area (Å²) in [5.41, 5.74) is 1.82. The molecule has 7 nitrogen and oxygen atoms in total. The van der Waals surface area contributed by atoms with E-state index in [2.05, 4.69) is 20.6 Å². The second-order valence-corrected chi connectivity index (χ2v) is 8.03. The van der Waals surface area contributed by atoms with Crippen LogP contribution in [0.15, 0.2) is 36.7 Å². The Labute approximate surface area is 171 Å². The van der Waals surface area contributed by atoms with Crippen molar-refractivity contribution >= 4 is 49.9 Å². The third-order valence-corrected chi connectivity index (χ3v) is 6.09. The van der Waals surface area contributed by atoms with E-state index in [1.807, 2.05) is 37.5 Å². The second kappa shape index (κ2) is 6.97. The van der Waals surface area contributed by atoms with Crippen molar-refractivity contribution in [2.24, 2.45) is 5.92 Å². The van der Waals surface area contributed by atoms with Crippen LogP contribution in [0.3, 0.4) is 0 Å². The number of carbonyl (C=O) groups excluding carboxylic acids is 1. The van der Waals surface area contributed by atoms with Gasteiger partial charge in [-0.05, 0) is 37.1 Å². The average molecular weight is 405 g/mol. The van der Waals surface area contributed by atoms with Crippen LogP contribution >= 0.6 is 11.3 Å². The predicted octanol–water partition coefficient (Wildman–Crippen LogP) is 4.31. The molecule has 0 bridgehead atoms. The number of rotatable bonds is 5. The molecule has 29 heavy (non-hydrogen) atoms. The fourth-order valence-electron chi connectivity index (χ4n) is 3.29. The van der Waals surface area contributed by atoms with Crippen molar-refractivity contribution in [3.05, 3.63) is 36.7 Å². The highest BCUT2D eigenvalue weighted by atomic mass is 32.1. The van der Waals surface area contributed by atoms with Gasteiger partial charge in [-0.15, -0.1) is 11.3 Å². The summed E-state index contributed by atoms with van der Waals surface area (Å²) in [6.07, 6.45) is 5.47. The molecule has 146 valence electrons. The number of anilines is 2. The smallest absolute Gasteiger partial charge is 0.228 e. The Morgan fingerprint density at radius 3 is 2.79 bits per heavy atom. The molecule has 3 heterocycles. The molecule has 0 unspecified atom stereocenters. The SMILES string of the molecule is CNc1ncc(-c2nc3ccc(OC)cc3s2)c2cc(NC(=O)C3CC3)ncc12. The van der Waals surface area contributed by atoms with Crippen LogP contribution < -0.4 is 15.4 Å². The molecule has 1 fully saturated rings. The molecule has 0 atom stereocenters. The van der Waals surface area contributed by atoms with Gasteiger partial charge in [0.05, 0.1) is 17.3 Å². The topological polar surface area (TPSA) is 89.0 Å². The van der Waals surface area contributed by atoms with Crippen LogP contribution in [0.4, 0.5) is 11.6 Å². The molecule has 8 heteroatoms. The summed E-state index contributed by atoms with van der Waals surface area (Å²) in [5.74, 6) is 2.24. The lowest BCUT2D eigenvalue weighted by molar-refractivity contribution is -0.117. The fraction of sp³-hybridized carbons (Fsp3) is 0.238. The van der Waals surface area contributed by atoms with E-state index in [0.29, 0.717) is 5.82 Å². The van der Waals surface area contributed by atoms with Gasteiger partial charge < -0.3 is 15.4 Å². The summed E-state index contributed by atoms with van der Waals surface area (Å²) in [7, 11) is 3.48. The zero-order chi connectivity index (χ0) is 20.0. The molecule has 2 N–H and O–H groups in total. The zero-order valence-corrected chi connectivity index (χ0v) is 16.8. The molecule has 1 aliphatic rings.